The number of aromatic amines is 1. The lowest BCUT2D eigenvalue weighted by Crippen LogP contribution is -2.36. The molecule has 1 fully saturated rings. The lowest BCUT2D eigenvalue weighted by Gasteiger charge is -2.37. The third-order valence-corrected chi connectivity index (χ3v) is 12.0. The van der Waals surface area contributed by atoms with Crippen molar-refractivity contribution in [2.45, 2.75) is 76.7 Å². The number of rotatable bonds is 19. The molecule has 16 heteroatoms. The van der Waals surface area contributed by atoms with Crippen LogP contribution >= 0.6 is 8.53 Å². The minimum atomic E-state index is -1.68. The molecule has 15 nitrogen and oxygen atoms in total. The maximum absolute atomic E-state index is 13.3. The smallest absolute Gasteiger partial charge is 0.280 e. The number of aliphatic imine (C=N–C) groups is 1. The summed E-state index contributed by atoms with van der Waals surface area (Å²) in [6.45, 7) is 8.67. The minimum absolute atomic E-state index is 0.0648. The topological polar surface area (TPSA) is 162 Å². The van der Waals surface area contributed by atoms with Crippen LogP contribution in [0.4, 0.5) is 5.95 Å². The Labute approximate surface area is 346 Å². The Balaban J connectivity index is 1.43. The van der Waals surface area contributed by atoms with Crippen molar-refractivity contribution >= 4 is 32.0 Å². The number of hydrogen-bond acceptors (Lipinski definition) is 12. The van der Waals surface area contributed by atoms with Gasteiger partial charge in [-0.2, -0.15) is 10.2 Å². The van der Waals surface area contributed by atoms with Crippen LogP contribution in [-0.4, -0.2) is 101 Å². The molecule has 1 N–H and O–H groups in total. The molecule has 0 radical (unpaired) electrons. The highest BCUT2D eigenvalue weighted by Crippen LogP contribution is 2.51. The quantitative estimate of drug-likeness (QED) is 0.0291. The first-order valence-corrected chi connectivity index (χ1v) is 20.7. The molecule has 1 unspecified atom stereocenters. The first-order chi connectivity index (χ1) is 28.5. The van der Waals surface area contributed by atoms with E-state index in [1.54, 1.807) is 36.4 Å². The normalized spacial score (nSPS) is 17.6. The molecule has 312 valence electrons. The summed E-state index contributed by atoms with van der Waals surface area (Å²) in [6, 6.07) is 28.1. The highest BCUT2D eigenvalue weighted by molar-refractivity contribution is 7.44. The van der Waals surface area contributed by atoms with Crippen LogP contribution in [-0.2, 0) is 24.1 Å². The minimum Gasteiger partial charge on any atom is -0.497 e. The van der Waals surface area contributed by atoms with Crippen LogP contribution in [0.25, 0.3) is 11.2 Å². The monoisotopic (exact) mass is 824 g/mol. The summed E-state index contributed by atoms with van der Waals surface area (Å²) < 4.78 is 42.5. The van der Waals surface area contributed by atoms with Gasteiger partial charge in [0.2, 0.25) is 5.95 Å². The van der Waals surface area contributed by atoms with Gasteiger partial charge in [0.1, 0.15) is 23.2 Å². The van der Waals surface area contributed by atoms with Crippen molar-refractivity contribution in [2.75, 3.05) is 41.5 Å². The SMILES string of the molecule is COc1ccc(C(OC[C@@H]2C[C@@H](OP(OCCC#N)N(C(C)C)C(C)C)[C@H](n3cnc4c(=O)[nH]c(N=CN(C)C)nc43)O2)(c2ccccc2)c2ccc(OC)cc2)cc1. The van der Waals surface area contributed by atoms with E-state index < -0.39 is 38.1 Å². The Morgan fingerprint density at radius 3 is 2.15 bits per heavy atom. The molecule has 0 bridgehead atoms. The zero-order chi connectivity index (χ0) is 42.1. The molecule has 5 aromatic rings. The highest BCUT2D eigenvalue weighted by atomic mass is 31.2. The molecule has 6 rings (SSSR count). The van der Waals surface area contributed by atoms with Gasteiger partial charge in [-0.25, -0.2) is 14.6 Å². The third-order valence-electron chi connectivity index (χ3n) is 9.80. The number of imidazole rings is 1. The molecule has 1 aliphatic heterocycles. The van der Waals surface area contributed by atoms with Gasteiger partial charge in [0.25, 0.3) is 14.1 Å². The molecule has 4 atom stereocenters. The van der Waals surface area contributed by atoms with Crippen LogP contribution < -0.4 is 15.0 Å². The van der Waals surface area contributed by atoms with Crippen molar-refractivity contribution in [3.8, 4) is 17.6 Å². The number of nitrogens with zero attached hydrogens (tertiary/aromatic N) is 7. The Morgan fingerprint density at radius 1 is 0.983 bits per heavy atom. The highest BCUT2D eigenvalue weighted by Gasteiger charge is 2.45. The number of aromatic nitrogens is 4. The van der Waals surface area contributed by atoms with Crippen LogP contribution in [0.15, 0.2) is 95.0 Å². The van der Waals surface area contributed by atoms with E-state index in [1.807, 2.05) is 93.0 Å². The second-order valence-electron chi connectivity index (χ2n) is 14.8. The molecule has 1 aliphatic rings. The van der Waals surface area contributed by atoms with Crippen LogP contribution in [0.5, 0.6) is 11.5 Å². The summed E-state index contributed by atoms with van der Waals surface area (Å²) in [5, 5.41) is 9.38. The largest absolute Gasteiger partial charge is 0.497 e. The molecular formula is C43H53N8O7P. The third kappa shape index (κ3) is 9.82. The molecule has 0 aliphatic carbocycles. The fourth-order valence-corrected chi connectivity index (χ4v) is 8.92. The summed E-state index contributed by atoms with van der Waals surface area (Å²) >= 11 is 0. The molecule has 0 amide bonds. The van der Waals surface area contributed by atoms with Crippen molar-refractivity contribution in [3.63, 3.8) is 0 Å². The molecule has 1 saturated heterocycles. The first kappa shape index (κ1) is 43.4. The zero-order valence-electron chi connectivity index (χ0n) is 34.8. The van der Waals surface area contributed by atoms with E-state index in [4.69, 9.17) is 33.0 Å². The van der Waals surface area contributed by atoms with Gasteiger partial charge in [0.15, 0.2) is 17.4 Å². The standard InChI is InChI=1S/C43H53N8O7P/c1-29(2)51(30(3)4)59(56-24-12-23-44)58-37-25-36(57-41(37)50-28-45-38-39(50)47-42(48-40(38)52)46-27-49(5)6)26-55-43(31-13-10-9-11-14-31,32-15-19-34(53-7)20-16-32)33-17-21-35(54-8)22-18-33/h9-11,13-22,27-30,36-37,41H,12,24-26H2,1-8H3,(H,47,48,52)/t36-,37+,41+,59?/m0/s1. The van der Waals surface area contributed by atoms with E-state index in [0.717, 1.165) is 16.7 Å². The average Bonchev–Trinajstić information content (AvgIpc) is 3.84. The number of fused-ring (bicyclic) bond motifs is 1. The number of ether oxygens (including phenoxy) is 4. The second kappa shape index (κ2) is 19.7. The Hall–Kier alpha value is -5.20. The predicted molar refractivity (Wildman–Crippen MR) is 227 cm³/mol. The maximum atomic E-state index is 13.3. The predicted octanol–water partition coefficient (Wildman–Crippen LogP) is 7.32. The van der Waals surface area contributed by atoms with E-state index in [2.05, 4.69) is 53.4 Å². The molecule has 59 heavy (non-hydrogen) atoms. The molecule has 0 spiro atoms. The first-order valence-electron chi connectivity index (χ1n) is 19.6. The number of methoxy groups -OCH3 is 2. The maximum Gasteiger partial charge on any atom is 0.280 e. The van der Waals surface area contributed by atoms with E-state index in [0.29, 0.717) is 17.9 Å². The fraction of sp³-hybridized carbons (Fsp3) is 0.419. The number of nitriles is 1. The van der Waals surface area contributed by atoms with Gasteiger partial charge in [0.05, 0.1) is 58.7 Å². The summed E-state index contributed by atoms with van der Waals surface area (Å²) in [5.74, 6) is 1.55. The van der Waals surface area contributed by atoms with Crippen molar-refractivity contribution in [2.24, 2.45) is 4.99 Å². The summed E-state index contributed by atoms with van der Waals surface area (Å²) in [6.07, 6.45) is 1.77. The van der Waals surface area contributed by atoms with Crippen molar-refractivity contribution in [3.05, 3.63) is 112 Å². The van der Waals surface area contributed by atoms with Crippen molar-refractivity contribution in [1.29, 1.82) is 5.26 Å². The van der Waals surface area contributed by atoms with Gasteiger partial charge in [-0.05, 0) is 68.7 Å². The average molecular weight is 825 g/mol. The van der Waals surface area contributed by atoms with Gasteiger partial charge < -0.3 is 32.9 Å². The van der Waals surface area contributed by atoms with Gasteiger partial charge in [-0.1, -0.05) is 54.6 Å². The molecule has 3 aromatic carbocycles. The summed E-state index contributed by atoms with van der Waals surface area (Å²) in [7, 11) is 5.25. The lowest BCUT2D eigenvalue weighted by atomic mass is 9.80. The van der Waals surface area contributed by atoms with E-state index in [1.165, 1.54) is 0 Å². The molecule has 0 saturated carbocycles. The van der Waals surface area contributed by atoms with Crippen LogP contribution in [0, 0.1) is 11.3 Å². The number of benzene rings is 3. The Bertz CT molecular complexity index is 2190. The summed E-state index contributed by atoms with van der Waals surface area (Å²) in [4.78, 5) is 31.2. The van der Waals surface area contributed by atoms with E-state index in [9.17, 15) is 10.1 Å². The van der Waals surface area contributed by atoms with Crippen LogP contribution in [0.3, 0.4) is 0 Å². The number of H-pyrrole nitrogens is 1. The van der Waals surface area contributed by atoms with Gasteiger partial charge in [0, 0.05) is 32.6 Å². The van der Waals surface area contributed by atoms with Gasteiger partial charge in [-0.3, -0.25) is 14.3 Å². The van der Waals surface area contributed by atoms with Gasteiger partial charge in [-0.15, -0.1) is 0 Å². The number of nitrogens with one attached hydrogen (secondary N) is 1. The van der Waals surface area contributed by atoms with Crippen molar-refractivity contribution in [1.82, 2.24) is 29.1 Å². The molecular weight excluding hydrogens is 771 g/mol. The number of hydrogen-bond donors (Lipinski definition) is 1. The summed E-state index contributed by atoms with van der Waals surface area (Å²) in [5.41, 5.74) is 1.57. The Morgan fingerprint density at radius 2 is 1.59 bits per heavy atom. The van der Waals surface area contributed by atoms with E-state index >= 15 is 0 Å². The fourth-order valence-electron chi connectivity index (χ4n) is 7.20. The molecule has 2 aromatic heterocycles. The lowest BCUT2D eigenvalue weighted by molar-refractivity contribution is -0.0839. The van der Waals surface area contributed by atoms with Gasteiger partial charge >= 0.3 is 0 Å². The Kier molecular flexibility index (Phi) is 14.5. The van der Waals surface area contributed by atoms with E-state index in [-0.39, 0.29) is 48.8 Å². The zero-order valence-corrected chi connectivity index (χ0v) is 35.7. The van der Waals surface area contributed by atoms with Crippen LogP contribution in [0.2, 0.25) is 0 Å². The second-order valence-corrected chi connectivity index (χ2v) is 16.2. The van der Waals surface area contributed by atoms with Crippen LogP contribution in [0.1, 0.15) is 63.5 Å². The van der Waals surface area contributed by atoms with Crippen molar-refractivity contribution < 1.29 is 28.0 Å². The molecule has 3 heterocycles.